The number of ether oxygens (including phenoxy) is 3. The van der Waals surface area contributed by atoms with E-state index in [0.717, 1.165) is 17.0 Å². The van der Waals surface area contributed by atoms with Gasteiger partial charge in [0.1, 0.15) is 35.5 Å². The number of benzene rings is 1. The van der Waals surface area contributed by atoms with Crippen molar-refractivity contribution in [2.45, 2.75) is 49.4 Å². The predicted molar refractivity (Wildman–Crippen MR) is 137 cm³/mol. The van der Waals surface area contributed by atoms with Gasteiger partial charge in [0.15, 0.2) is 6.10 Å². The molecule has 3 aromatic rings. The van der Waals surface area contributed by atoms with Gasteiger partial charge in [0.05, 0.1) is 21.7 Å². The van der Waals surface area contributed by atoms with Crippen LogP contribution in [0.3, 0.4) is 0 Å². The van der Waals surface area contributed by atoms with Crippen LogP contribution in [-0.4, -0.2) is 56.2 Å². The second-order valence-corrected chi connectivity index (χ2v) is 11.0. The molecule has 202 valence electrons. The molecule has 5 atom stereocenters. The zero-order chi connectivity index (χ0) is 27.6. The summed E-state index contributed by atoms with van der Waals surface area (Å²) in [4.78, 5) is 28.5. The lowest BCUT2D eigenvalue weighted by Crippen LogP contribution is -2.53. The smallest absolute Gasteiger partial charge is 0.303 e. The number of hydrogen-bond acceptors (Lipinski definition) is 9. The van der Waals surface area contributed by atoms with Crippen molar-refractivity contribution in [3.05, 3.63) is 57.9 Å². The molecule has 14 heteroatoms. The van der Waals surface area contributed by atoms with Crippen molar-refractivity contribution in [3.8, 4) is 11.3 Å². The van der Waals surface area contributed by atoms with Gasteiger partial charge < -0.3 is 14.2 Å². The van der Waals surface area contributed by atoms with E-state index < -0.39 is 47.3 Å². The quantitative estimate of drug-likeness (QED) is 0.256. The lowest BCUT2D eigenvalue weighted by molar-refractivity contribution is -0.191. The average Bonchev–Trinajstić information content (AvgIpc) is 3.32. The molecular formula is C24H22BrClF2N4O5S. The molecular weight excluding hydrogens is 610 g/mol. The molecule has 2 unspecified atom stereocenters. The Labute approximate surface area is 234 Å². The number of hydrogen-bond donors (Lipinski definition) is 0. The molecule has 1 fully saturated rings. The number of esters is 2. The van der Waals surface area contributed by atoms with Gasteiger partial charge in [-0.05, 0) is 34.1 Å². The van der Waals surface area contributed by atoms with Crippen LogP contribution in [0.15, 0.2) is 46.2 Å². The Hall–Kier alpha value is -2.61. The number of carbonyl (C=O) groups excluding carboxylic acids is 2. The second-order valence-electron chi connectivity index (χ2n) is 8.56. The van der Waals surface area contributed by atoms with Gasteiger partial charge in [-0.1, -0.05) is 35.5 Å². The molecule has 1 aromatic carbocycles. The first kappa shape index (κ1) is 28.4. The molecule has 1 aliphatic heterocycles. The molecule has 0 saturated carbocycles. The molecule has 1 aliphatic rings. The Bertz CT molecular complexity index is 1330. The van der Waals surface area contributed by atoms with E-state index in [2.05, 4.69) is 31.2 Å². The van der Waals surface area contributed by atoms with Gasteiger partial charge in [0.25, 0.3) is 0 Å². The first-order valence-corrected chi connectivity index (χ1v) is 13.4. The summed E-state index contributed by atoms with van der Waals surface area (Å²) >= 11 is 10.3. The maximum absolute atomic E-state index is 14.2. The van der Waals surface area contributed by atoms with Crippen LogP contribution >= 0.6 is 39.3 Å². The molecule has 0 bridgehead atoms. The summed E-state index contributed by atoms with van der Waals surface area (Å²) in [6, 6.07) is 3.34. The maximum atomic E-state index is 14.2. The van der Waals surface area contributed by atoms with E-state index >= 15 is 0 Å². The van der Waals surface area contributed by atoms with Crippen molar-refractivity contribution in [2.24, 2.45) is 5.92 Å². The van der Waals surface area contributed by atoms with Crippen LogP contribution in [0.4, 0.5) is 8.78 Å². The van der Waals surface area contributed by atoms with Gasteiger partial charge in [-0.15, -0.1) is 5.10 Å². The fourth-order valence-electron chi connectivity index (χ4n) is 4.10. The molecule has 2 aromatic heterocycles. The minimum atomic E-state index is -0.927. The van der Waals surface area contributed by atoms with Crippen LogP contribution in [0.5, 0.6) is 0 Å². The number of rotatable bonds is 7. The normalized spacial score (nSPS) is 23.2. The summed E-state index contributed by atoms with van der Waals surface area (Å²) in [5.74, 6) is -3.05. The SMILES string of the molecule is CC(=O)OCC1O[C@H](Sc2cncc(Cl)c2)C(C)[C@@H](n2cc(-c3cc(F)c(Br)c(F)c3)nn2)[C@H]1OC(C)=O. The number of nitrogens with zero attached hydrogens (tertiary/aromatic N) is 4. The fourth-order valence-corrected chi connectivity index (χ4v) is 5.73. The minimum Gasteiger partial charge on any atom is -0.463 e. The van der Waals surface area contributed by atoms with Crippen molar-refractivity contribution >= 4 is 51.2 Å². The van der Waals surface area contributed by atoms with Gasteiger partial charge >= 0.3 is 11.9 Å². The molecule has 4 rings (SSSR count). The van der Waals surface area contributed by atoms with Crippen molar-refractivity contribution in [1.29, 1.82) is 0 Å². The van der Waals surface area contributed by atoms with E-state index in [-0.39, 0.29) is 28.3 Å². The van der Waals surface area contributed by atoms with Gasteiger partial charge in [-0.3, -0.25) is 14.6 Å². The number of carbonyl (C=O) groups is 2. The van der Waals surface area contributed by atoms with E-state index in [9.17, 15) is 18.4 Å². The first-order valence-electron chi connectivity index (χ1n) is 11.3. The topological polar surface area (TPSA) is 105 Å². The maximum Gasteiger partial charge on any atom is 0.303 e. The largest absolute Gasteiger partial charge is 0.463 e. The molecule has 0 N–H and O–H groups in total. The highest BCUT2D eigenvalue weighted by Crippen LogP contribution is 2.43. The molecule has 1 saturated heterocycles. The van der Waals surface area contributed by atoms with Crippen molar-refractivity contribution in [3.63, 3.8) is 0 Å². The third-order valence-corrected chi connectivity index (χ3v) is 7.99. The Kier molecular flexibility index (Phi) is 9.01. The number of aromatic nitrogens is 4. The van der Waals surface area contributed by atoms with Crippen molar-refractivity contribution in [2.75, 3.05) is 6.61 Å². The van der Waals surface area contributed by atoms with Crippen LogP contribution in [0, 0.1) is 17.6 Å². The predicted octanol–water partition coefficient (Wildman–Crippen LogP) is 5.22. The summed E-state index contributed by atoms with van der Waals surface area (Å²) in [6.07, 6.45) is 2.86. The lowest BCUT2D eigenvalue weighted by atomic mass is 9.90. The van der Waals surface area contributed by atoms with Crippen LogP contribution in [0.1, 0.15) is 26.8 Å². The second kappa shape index (κ2) is 12.1. The number of halogens is 4. The summed E-state index contributed by atoms with van der Waals surface area (Å²) in [5.41, 5.74) is -0.163. The molecule has 0 radical (unpaired) electrons. The fraction of sp³-hybridized carbons (Fsp3) is 0.375. The zero-order valence-electron chi connectivity index (χ0n) is 20.3. The van der Waals surface area contributed by atoms with Gasteiger partial charge in [-0.2, -0.15) is 0 Å². The van der Waals surface area contributed by atoms with Crippen molar-refractivity contribution in [1.82, 2.24) is 20.0 Å². The first-order chi connectivity index (χ1) is 18.0. The van der Waals surface area contributed by atoms with Gasteiger partial charge in [0, 0.05) is 42.6 Å². The van der Waals surface area contributed by atoms with Crippen molar-refractivity contribution < 1.29 is 32.6 Å². The Morgan fingerprint density at radius 1 is 1.18 bits per heavy atom. The molecule has 3 heterocycles. The molecule has 0 amide bonds. The lowest BCUT2D eigenvalue weighted by Gasteiger charge is -2.44. The molecule has 0 spiro atoms. The zero-order valence-corrected chi connectivity index (χ0v) is 23.5. The highest BCUT2D eigenvalue weighted by atomic mass is 79.9. The number of thioether (sulfide) groups is 1. The Balaban J connectivity index is 1.73. The Morgan fingerprint density at radius 2 is 1.89 bits per heavy atom. The number of pyridine rings is 1. The van der Waals surface area contributed by atoms with E-state index in [0.29, 0.717) is 5.02 Å². The monoisotopic (exact) mass is 630 g/mol. The standard InChI is InChI=1S/C24H22BrClF2N4O5S/c1-11-22(32-9-19(30-31-32)14-4-17(27)21(25)18(28)5-14)23(36-13(3)34)20(10-35-12(2)33)37-24(11)38-16-6-15(26)7-29-8-16/h4-9,11,20,22-24H,10H2,1-3H3/t11?,20?,22-,23+,24-/m1/s1. The van der Waals surface area contributed by atoms with Crippen LogP contribution in [0.25, 0.3) is 11.3 Å². The van der Waals surface area contributed by atoms with E-state index in [4.69, 9.17) is 25.8 Å². The molecule has 0 aliphatic carbocycles. The summed E-state index contributed by atoms with van der Waals surface area (Å²) in [6.45, 7) is 4.20. The van der Waals surface area contributed by atoms with E-state index in [1.54, 1.807) is 12.3 Å². The van der Waals surface area contributed by atoms with E-state index in [1.807, 2.05) is 6.92 Å². The third-order valence-electron chi connectivity index (χ3n) is 5.76. The minimum absolute atomic E-state index is 0.172. The van der Waals surface area contributed by atoms with Gasteiger partial charge in [0.2, 0.25) is 0 Å². The average molecular weight is 632 g/mol. The third kappa shape index (κ3) is 6.50. The highest BCUT2D eigenvalue weighted by Gasteiger charge is 2.48. The van der Waals surface area contributed by atoms with E-state index in [1.165, 1.54) is 42.7 Å². The Morgan fingerprint density at radius 3 is 2.53 bits per heavy atom. The summed E-state index contributed by atoms with van der Waals surface area (Å²) < 4.78 is 46.6. The molecule has 9 nitrogen and oxygen atoms in total. The van der Waals surface area contributed by atoms with Gasteiger partial charge in [-0.25, -0.2) is 13.5 Å². The highest BCUT2D eigenvalue weighted by molar-refractivity contribution is 9.10. The summed E-state index contributed by atoms with van der Waals surface area (Å²) in [7, 11) is 0. The molecule has 38 heavy (non-hydrogen) atoms. The van der Waals surface area contributed by atoms with Crippen LogP contribution in [0.2, 0.25) is 5.02 Å². The van der Waals surface area contributed by atoms with Crippen LogP contribution < -0.4 is 0 Å². The van der Waals surface area contributed by atoms with Crippen LogP contribution in [-0.2, 0) is 23.8 Å². The summed E-state index contributed by atoms with van der Waals surface area (Å²) in [5, 5.41) is 8.75.